The summed E-state index contributed by atoms with van der Waals surface area (Å²) in [7, 11) is 0. The lowest BCUT2D eigenvalue weighted by atomic mass is 9.85. The van der Waals surface area contributed by atoms with Gasteiger partial charge in [0, 0.05) is 12.6 Å². The summed E-state index contributed by atoms with van der Waals surface area (Å²) in [4.78, 5) is 12.1. The van der Waals surface area contributed by atoms with Crippen molar-refractivity contribution in [3.05, 3.63) is 0 Å². The number of nitrogens with one attached hydrogen (secondary N) is 2. The maximum Gasteiger partial charge on any atom is 0.237 e. The highest BCUT2D eigenvalue weighted by atomic mass is 16.2. The van der Waals surface area contributed by atoms with Gasteiger partial charge in [-0.15, -0.1) is 0 Å². The third kappa shape index (κ3) is 3.25. The first kappa shape index (κ1) is 13.9. The van der Waals surface area contributed by atoms with Crippen molar-refractivity contribution in [2.75, 3.05) is 6.54 Å². The summed E-state index contributed by atoms with van der Waals surface area (Å²) in [5.74, 6) is 2.15. The van der Waals surface area contributed by atoms with Gasteiger partial charge in [0.2, 0.25) is 5.91 Å². The molecule has 0 spiro atoms. The average Bonchev–Trinajstić information content (AvgIpc) is 2.79. The number of carbonyl (C=O) groups excluding carboxylic acids is 1. The molecule has 104 valence electrons. The van der Waals surface area contributed by atoms with E-state index in [0.29, 0.717) is 17.9 Å². The van der Waals surface area contributed by atoms with Crippen LogP contribution in [0.2, 0.25) is 0 Å². The Morgan fingerprint density at radius 2 is 2.00 bits per heavy atom. The summed E-state index contributed by atoms with van der Waals surface area (Å²) < 4.78 is 0. The molecule has 1 aliphatic carbocycles. The molecule has 2 rings (SSSR count). The van der Waals surface area contributed by atoms with Crippen molar-refractivity contribution in [3.8, 4) is 0 Å². The SMILES string of the molecule is CC(C)C(C)CNC(=O)C1CC2CCCCC2N1. The molecule has 1 heterocycles. The van der Waals surface area contributed by atoms with Crippen LogP contribution in [0.4, 0.5) is 0 Å². The van der Waals surface area contributed by atoms with E-state index in [0.717, 1.165) is 18.9 Å². The highest BCUT2D eigenvalue weighted by Crippen LogP contribution is 2.33. The molecule has 2 N–H and O–H groups in total. The minimum Gasteiger partial charge on any atom is -0.354 e. The molecule has 3 nitrogen and oxygen atoms in total. The van der Waals surface area contributed by atoms with Crippen molar-refractivity contribution in [3.63, 3.8) is 0 Å². The first-order valence-electron chi connectivity index (χ1n) is 7.61. The lowest BCUT2D eigenvalue weighted by Crippen LogP contribution is -2.44. The summed E-state index contributed by atoms with van der Waals surface area (Å²) in [5.41, 5.74) is 0. The van der Waals surface area contributed by atoms with Crippen LogP contribution in [0, 0.1) is 17.8 Å². The number of carbonyl (C=O) groups is 1. The standard InChI is InChI=1S/C15H28N2O/c1-10(2)11(3)9-16-15(18)14-8-12-6-4-5-7-13(12)17-14/h10-14,17H,4-9H2,1-3H3,(H,16,18). The third-order valence-electron chi connectivity index (χ3n) is 4.92. The number of amides is 1. The van der Waals surface area contributed by atoms with Gasteiger partial charge in [0.25, 0.3) is 0 Å². The molecule has 0 radical (unpaired) electrons. The van der Waals surface area contributed by atoms with E-state index >= 15 is 0 Å². The van der Waals surface area contributed by atoms with Crippen LogP contribution in [-0.4, -0.2) is 24.5 Å². The quantitative estimate of drug-likeness (QED) is 0.806. The second kappa shape index (κ2) is 6.05. The monoisotopic (exact) mass is 252 g/mol. The molecule has 0 aromatic heterocycles. The topological polar surface area (TPSA) is 41.1 Å². The van der Waals surface area contributed by atoms with Crippen molar-refractivity contribution in [2.45, 2.75) is 65.0 Å². The minimum atomic E-state index is 0.0671. The molecular formula is C15H28N2O. The van der Waals surface area contributed by atoms with Gasteiger partial charge in [-0.1, -0.05) is 33.6 Å². The van der Waals surface area contributed by atoms with Gasteiger partial charge in [-0.25, -0.2) is 0 Å². The van der Waals surface area contributed by atoms with Crippen LogP contribution < -0.4 is 10.6 Å². The zero-order chi connectivity index (χ0) is 13.1. The van der Waals surface area contributed by atoms with Crippen LogP contribution in [0.1, 0.15) is 52.9 Å². The van der Waals surface area contributed by atoms with Crippen LogP contribution in [0.5, 0.6) is 0 Å². The molecule has 4 atom stereocenters. The second-order valence-electron chi connectivity index (χ2n) is 6.57. The van der Waals surface area contributed by atoms with Gasteiger partial charge in [0.05, 0.1) is 6.04 Å². The van der Waals surface area contributed by atoms with E-state index in [9.17, 15) is 4.79 Å². The molecule has 1 saturated carbocycles. The summed E-state index contributed by atoms with van der Waals surface area (Å²) in [6.45, 7) is 7.43. The molecular weight excluding hydrogens is 224 g/mol. The fourth-order valence-corrected chi connectivity index (χ4v) is 3.14. The van der Waals surface area contributed by atoms with E-state index in [1.807, 2.05) is 0 Å². The van der Waals surface area contributed by atoms with Crippen LogP contribution in [0.15, 0.2) is 0 Å². The normalized spacial score (nSPS) is 33.2. The smallest absolute Gasteiger partial charge is 0.237 e. The summed E-state index contributed by atoms with van der Waals surface area (Å²) >= 11 is 0. The van der Waals surface area contributed by atoms with E-state index in [-0.39, 0.29) is 11.9 Å². The highest BCUT2D eigenvalue weighted by Gasteiger charge is 2.38. The minimum absolute atomic E-state index is 0.0671. The average molecular weight is 252 g/mol. The molecule has 0 aromatic carbocycles. The fourth-order valence-electron chi connectivity index (χ4n) is 3.14. The molecule has 18 heavy (non-hydrogen) atoms. The second-order valence-corrected chi connectivity index (χ2v) is 6.57. The predicted molar refractivity (Wildman–Crippen MR) is 74.3 cm³/mol. The van der Waals surface area contributed by atoms with E-state index in [2.05, 4.69) is 31.4 Å². The lowest BCUT2D eigenvalue weighted by Gasteiger charge is -2.24. The maximum absolute atomic E-state index is 12.1. The van der Waals surface area contributed by atoms with E-state index < -0.39 is 0 Å². The van der Waals surface area contributed by atoms with Gasteiger partial charge < -0.3 is 10.6 Å². The zero-order valence-corrected chi connectivity index (χ0v) is 12.0. The Hall–Kier alpha value is -0.570. The Kier molecular flexibility index (Phi) is 4.66. The molecule has 1 aliphatic heterocycles. The molecule has 3 heteroatoms. The van der Waals surface area contributed by atoms with E-state index in [1.54, 1.807) is 0 Å². The van der Waals surface area contributed by atoms with Gasteiger partial charge >= 0.3 is 0 Å². The zero-order valence-electron chi connectivity index (χ0n) is 12.0. The Labute approximate surface area is 111 Å². The van der Waals surface area contributed by atoms with Gasteiger partial charge in [-0.3, -0.25) is 4.79 Å². The van der Waals surface area contributed by atoms with Crippen molar-refractivity contribution in [1.82, 2.24) is 10.6 Å². The molecule has 1 amide bonds. The van der Waals surface area contributed by atoms with Crippen LogP contribution in [0.25, 0.3) is 0 Å². The molecule has 2 aliphatic rings. The fraction of sp³-hybridized carbons (Fsp3) is 0.933. The van der Waals surface area contributed by atoms with Crippen molar-refractivity contribution in [1.29, 1.82) is 0 Å². The number of rotatable bonds is 4. The van der Waals surface area contributed by atoms with E-state index in [1.165, 1.54) is 25.7 Å². The number of hydrogen-bond donors (Lipinski definition) is 2. The van der Waals surface area contributed by atoms with Gasteiger partial charge in [-0.05, 0) is 37.0 Å². The molecule has 1 saturated heterocycles. The van der Waals surface area contributed by atoms with Crippen LogP contribution in [0.3, 0.4) is 0 Å². The predicted octanol–water partition coefficient (Wildman–Crippen LogP) is 2.32. The van der Waals surface area contributed by atoms with Crippen molar-refractivity contribution >= 4 is 5.91 Å². The summed E-state index contributed by atoms with van der Waals surface area (Å²) in [6.07, 6.45) is 6.29. The Morgan fingerprint density at radius 1 is 1.28 bits per heavy atom. The van der Waals surface area contributed by atoms with Crippen LogP contribution >= 0.6 is 0 Å². The Morgan fingerprint density at radius 3 is 2.67 bits per heavy atom. The van der Waals surface area contributed by atoms with Crippen molar-refractivity contribution in [2.24, 2.45) is 17.8 Å². The lowest BCUT2D eigenvalue weighted by molar-refractivity contribution is -0.123. The maximum atomic E-state index is 12.1. The summed E-state index contributed by atoms with van der Waals surface area (Å²) in [6, 6.07) is 0.675. The highest BCUT2D eigenvalue weighted by molar-refractivity contribution is 5.82. The molecule has 2 fully saturated rings. The third-order valence-corrected chi connectivity index (χ3v) is 4.92. The van der Waals surface area contributed by atoms with Gasteiger partial charge in [0.1, 0.15) is 0 Å². The summed E-state index contributed by atoms with van der Waals surface area (Å²) in [5, 5.41) is 6.65. The molecule has 4 unspecified atom stereocenters. The molecule has 0 bridgehead atoms. The number of fused-ring (bicyclic) bond motifs is 1. The van der Waals surface area contributed by atoms with Crippen molar-refractivity contribution < 1.29 is 4.79 Å². The molecule has 0 aromatic rings. The Bertz CT molecular complexity index is 276. The van der Waals surface area contributed by atoms with Crippen LogP contribution in [-0.2, 0) is 4.79 Å². The van der Waals surface area contributed by atoms with E-state index in [4.69, 9.17) is 0 Å². The first-order valence-corrected chi connectivity index (χ1v) is 7.61. The Balaban J connectivity index is 1.76. The first-order chi connectivity index (χ1) is 8.58. The largest absolute Gasteiger partial charge is 0.354 e. The van der Waals surface area contributed by atoms with Gasteiger partial charge in [0.15, 0.2) is 0 Å². The van der Waals surface area contributed by atoms with Gasteiger partial charge in [-0.2, -0.15) is 0 Å². The number of hydrogen-bond acceptors (Lipinski definition) is 2.